The lowest BCUT2D eigenvalue weighted by molar-refractivity contribution is 0.475. The molecule has 0 fully saturated rings. The van der Waals surface area contributed by atoms with Gasteiger partial charge in [0.1, 0.15) is 11.6 Å². The lowest BCUT2D eigenvalue weighted by Crippen LogP contribution is -2.03. The van der Waals surface area contributed by atoms with Crippen molar-refractivity contribution in [3.8, 4) is 17.0 Å². The van der Waals surface area contributed by atoms with E-state index in [0.29, 0.717) is 18.5 Å². The first-order valence-corrected chi connectivity index (χ1v) is 6.77. The lowest BCUT2D eigenvalue weighted by atomic mass is 10.1. The quantitative estimate of drug-likeness (QED) is 0.793. The molecule has 1 heterocycles. The highest BCUT2D eigenvalue weighted by Crippen LogP contribution is 2.22. The van der Waals surface area contributed by atoms with Crippen LogP contribution < -0.4 is 0 Å². The molecule has 3 aromatic rings. The Labute approximate surface area is 122 Å². The van der Waals surface area contributed by atoms with Crippen molar-refractivity contribution in [3.63, 3.8) is 0 Å². The molecule has 4 heteroatoms. The van der Waals surface area contributed by atoms with Gasteiger partial charge in [-0.25, -0.2) is 9.37 Å². The molecule has 1 aromatic heterocycles. The molecule has 0 aliphatic carbocycles. The number of aryl methyl sites for hydroxylation is 2. The van der Waals surface area contributed by atoms with Gasteiger partial charge < -0.3 is 9.67 Å². The summed E-state index contributed by atoms with van der Waals surface area (Å²) < 4.78 is 15.6. The Morgan fingerprint density at radius 1 is 1.05 bits per heavy atom. The molecule has 3 nitrogen and oxygen atoms in total. The van der Waals surface area contributed by atoms with Crippen LogP contribution in [0.3, 0.4) is 0 Å². The first kappa shape index (κ1) is 13.4. The van der Waals surface area contributed by atoms with Crippen LogP contribution in [0.4, 0.5) is 4.39 Å². The molecule has 3 rings (SSSR count). The Balaban J connectivity index is 1.80. The number of benzene rings is 2. The minimum absolute atomic E-state index is 0.177. The highest BCUT2D eigenvalue weighted by molar-refractivity contribution is 5.59. The van der Waals surface area contributed by atoms with Crippen molar-refractivity contribution in [2.24, 2.45) is 0 Å². The Bertz CT molecular complexity index is 735. The largest absolute Gasteiger partial charge is 0.508 e. The summed E-state index contributed by atoms with van der Waals surface area (Å²) in [6.45, 7) is 0.650. The van der Waals surface area contributed by atoms with Crippen molar-refractivity contribution in [1.29, 1.82) is 0 Å². The fourth-order valence-corrected chi connectivity index (χ4v) is 2.31. The predicted molar refractivity (Wildman–Crippen MR) is 79.4 cm³/mol. The maximum Gasteiger partial charge on any atom is 0.126 e. The molecule has 0 saturated carbocycles. The molecule has 0 unspecified atom stereocenters. The van der Waals surface area contributed by atoms with E-state index in [1.807, 2.05) is 22.8 Å². The zero-order valence-corrected chi connectivity index (χ0v) is 11.4. The van der Waals surface area contributed by atoms with Crippen LogP contribution >= 0.6 is 0 Å². The molecule has 0 aliphatic heterocycles. The first-order chi connectivity index (χ1) is 10.2. The van der Waals surface area contributed by atoms with Gasteiger partial charge in [0.05, 0.1) is 18.2 Å². The van der Waals surface area contributed by atoms with Gasteiger partial charge in [-0.05, 0) is 42.3 Å². The summed E-state index contributed by atoms with van der Waals surface area (Å²) in [7, 11) is 0. The summed E-state index contributed by atoms with van der Waals surface area (Å²) in [6, 6.07) is 13.8. The fourth-order valence-electron chi connectivity index (χ4n) is 2.31. The molecule has 0 saturated heterocycles. The van der Waals surface area contributed by atoms with Crippen molar-refractivity contribution >= 4 is 0 Å². The van der Waals surface area contributed by atoms with Gasteiger partial charge in [-0.15, -0.1) is 0 Å². The van der Waals surface area contributed by atoms with Crippen molar-refractivity contribution in [2.75, 3.05) is 0 Å². The number of phenolic OH excluding ortho intramolecular Hbond substituents is 1. The van der Waals surface area contributed by atoms with Crippen LogP contribution in [0.25, 0.3) is 11.3 Å². The van der Waals surface area contributed by atoms with E-state index in [-0.39, 0.29) is 11.6 Å². The molecule has 0 atom stereocenters. The molecule has 0 aliphatic rings. The van der Waals surface area contributed by atoms with Gasteiger partial charge in [0.2, 0.25) is 0 Å². The monoisotopic (exact) mass is 282 g/mol. The zero-order valence-electron chi connectivity index (χ0n) is 11.4. The van der Waals surface area contributed by atoms with Gasteiger partial charge in [0, 0.05) is 12.1 Å². The van der Waals surface area contributed by atoms with E-state index in [1.165, 1.54) is 6.07 Å². The van der Waals surface area contributed by atoms with E-state index >= 15 is 0 Å². The molecular weight excluding hydrogens is 267 g/mol. The van der Waals surface area contributed by atoms with E-state index in [9.17, 15) is 9.50 Å². The van der Waals surface area contributed by atoms with E-state index in [0.717, 1.165) is 11.3 Å². The molecule has 0 radical (unpaired) electrons. The van der Waals surface area contributed by atoms with Crippen LogP contribution in [-0.4, -0.2) is 14.7 Å². The van der Waals surface area contributed by atoms with E-state index < -0.39 is 0 Å². The normalized spacial score (nSPS) is 10.7. The second-order valence-electron chi connectivity index (χ2n) is 4.86. The number of aromatic nitrogens is 2. The number of nitrogens with zero attached hydrogens (tertiary/aromatic N) is 2. The topological polar surface area (TPSA) is 38.1 Å². The second kappa shape index (κ2) is 5.79. The Morgan fingerprint density at radius 3 is 2.57 bits per heavy atom. The molecule has 0 spiro atoms. The highest BCUT2D eigenvalue weighted by atomic mass is 19.1. The fraction of sp³-hybridized carbons (Fsp3) is 0.118. The molecule has 0 bridgehead atoms. The highest BCUT2D eigenvalue weighted by Gasteiger charge is 2.07. The SMILES string of the molecule is Oc1ccc(-c2cncn2CCc2ccccc2F)cc1. The second-order valence-corrected chi connectivity index (χ2v) is 4.86. The molecule has 2 aromatic carbocycles. The standard InChI is InChI=1S/C17H15FN2O/c18-16-4-2-1-3-13(16)9-10-20-12-19-11-17(20)14-5-7-15(21)8-6-14/h1-8,11-12,21H,9-10H2. The number of hydrogen-bond donors (Lipinski definition) is 1. The zero-order chi connectivity index (χ0) is 14.7. The van der Waals surface area contributed by atoms with E-state index in [2.05, 4.69) is 4.98 Å². The Kier molecular flexibility index (Phi) is 3.69. The van der Waals surface area contributed by atoms with Crippen LogP contribution in [0.5, 0.6) is 5.75 Å². The van der Waals surface area contributed by atoms with E-state index in [4.69, 9.17) is 0 Å². The molecule has 106 valence electrons. The van der Waals surface area contributed by atoms with Crippen LogP contribution in [0.15, 0.2) is 61.1 Å². The molecule has 1 N–H and O–H groups in total. The number of rotatable bonds is 4. The summed E-state index contributed by atoms with van der Waals surface area (Å²) in [5.74, 6) is 0.0555. The number of halogens is 1. The van der Waals surface area contributed by atoms with Gasteiger partial charge in [0.25, 0.3) is 0 Å². The maximum atomic E-state index is 13.6. The average molecular weight is 282 g/mol. The predicted octanol–water partition coefficient (Wildman–Crippen LogP) is 3.64. The smallest absolute Gasteiger partial charge is 0.126 e. The summed E-state index contributed by atoms with van der Waals surface area (Å²) in [4.78, 5) is 4.16. The maximum absolute atomic E-state index is 13.6. The average Bonchev–Trinajstić information content (AvgIpc) is 2.96. The van der Waals surface area contributed by atoms with Gasteiger partial charge in [-0.1, -0.05) is 18.2 Å². The molecular formula is C17H15FN2O. The van der Waals surface area contributed by atoms with Crippen molar-refractivity contribution in [1.82, 2.24) is 9.55 Å². The molecule has 21 heavy (non-hydrogen) atoms. The number of imidazole rings is 1. The number of phenols is 1. The van der Waals surface area contributed by atoms with Gasteiger partial charge in [-0.3, -0.25) is 0 Å². The molecule has 0 amide bonds. The van der Waals surface area contributed by atoms with E-state index in [1.54, 1.807) is 36.8 Å². The summed E-state index contributed by atoms with van der Waals surface area (Å²) in [5, 5.41) is 9.34. The van der Waals surface area contributed by atoms with Crippen molar-refractivity contribution < 1.29 is 9.50 Å². The van der Waals surface area contributed by atoms with Crippen molar-refractivity contribution in [2.45, 2.75) is 13.0 Å². The third-order valence-corrected chi connectivity index (χ3v) is 3.46. The van der Waals surface area contributed by atoms with Crippen molar-refractivity contribution in [3.05, 3.63) is 72.4 Å². The third-order valence-electron chi connectivity index (χ3n) is 3.46. The number of aromatic hydroxyl groups is 1. The lowest BCUT2D eigenvalue weighted by Gasteiger charge is -2.09. The van der Waals surface area contributed by atoms with Crippen LogP contribution in [0.2, 0.25) is 0 Å². The third kappa shape index (κ3) is 2.94. The number of hydrogen-bond acceptors (Lipinski definition) is 2. The summed E-state index contributed by atoms with van der Waals surface area (Å²) >= 11 is 0. The Hall–Kier alpha value is -2.62. The van der Waals surface area contributed by atoms with Gasteiger partial charge in [-0.2, -0.15) is 0 Å². The van der Waals surface area contributed by atoms with Crippen LogP contribution in [-0.2, 0) is 13.0 Å². The summed E-state index contributed by atoms with van der Waals surface area (Å²) in [5.41, 5.74) is 2.62. The summed E-state index contributed by atoms with van der Waals surface area (Å²) in [6.07, 6.45) is 4.12. The van der Waals surface area contributed by atoms with Crippen LogP contribution in [0, 0.1) is 5.82 Å². The van der Waals surface area contributed by atoms with Gasteiger partial charge in [0.15, 0.2) is 0 Å². The Morgan fingerprint density at radius 2 is 1.81 bits per heavy atom. The minimum atomic E-state index is -0.177. The minimum Gasteiger partial charge on any atom is -0.508 e. The van der Waals surface area contributed by atoms with Gasteiger partial charge >= 0.3 is 0 Å². The van der Waals surface area contributed by atoms with Crippen LogP contribution in [0.1, 0.15) is 5.56 Å². The first-order valence-electron chi connectivity index (χ1n) is 6.77.